The molecule has 0 aromatic carbocycles. The van der Waals surface area contributed by atoms with Crippen molar-refractivity contribution in [2.24, 2.45) is 0 Å². The van der Waals surface area contributed by atoms with Gasteiger partial charge in [0.05, 0.1) is 18.4 Å². The molecule has 5 heteroatoms. The van der Waals surface area contributed by atoms with Gasteiger partial charge in [0.25, 0.3) is 0 Å². The molecule has 0 aliphatic heterocycles. The first-order chi connectivity index (χ1) is 9.51. The van der Waals surface area contributed by atoms with E-state index in [1.807, 2.05) is 10.9 Å². The summed E-state index contributed by atoms with van der Waals surface area (Å²) in [6.07, 6.45) is 3.97. The second-order valence-electron chi connectivity index (χ2n) is 5.49. The van der Waals surface area contributed by atoms with Crippen LogP contribution in [0.5, 0.6) is 0 Å². The maximum Gasteiger partial charge on any atom is 0.0641 e. The predicted octanol–water partition coefficient (Wildman–Crippen LogP) is 2.20. The lowest BCUT2D eigenvalue weighted by molar-refractivity contribution is 0.449. The van der Waals surface area contributed by atoms with Crippen LogP contribution in [0.3, 0.4) is 0 Å². The van der Waals surface area contributed by atoms with E-state index in [9.17, 15) is 0 Å². The molecule has 1 atom stereocenters. The lowest BCUT2D eigenvalue weighted by atomic mass is 10.2. The van der Waals surface area contributed by atoms with E-state index >= 15 is 0 Å². The van der Waals surface area contributed by atoms with Crippen LogP contribution in [0.2, 0.25) is 0 Å². The highest BCUT2D eigenvalue weighted by Crippen LogP contribution is 2.13. The monoisotopic (exact) mass is 275 g/mol. The van der Waals surface area contributed by atoms with Crippen molar-refractivity contribution in [3.8, 4) is 0 Å². The Morgan fingerprint density at radius 2 is 2.05 bits per heavy atom. The van der Waals surface area contributed by atoms with Gasteiger partial charge in [0.2, 0.25) is 0 Å². The summed E-state index contributed by atoms with van der Waals surface area (Å²) in [5.74, 6) is 0. The summed E-state index contributed by atoms with van der Waals surface area (Å²) < 4.78 is 4.05. The number of rotatable bonds is 6. The Bertz CT molecular complexity index is 567. The van der Waals surface area contributed by atoms with Crippen LogP contribution >= 0.6 is 0 Å². The van der Waals surface area contributed by atoms with Gasteiger partial charge in [-0.3, -0.25) is 9.36 Å². The molecule has 2 aromatic rings. The van der Waals surface area contributed by atoms with E-state index in [-0.39, 0.29) is 0 Å². The van der Waals surface area contributed by atoms with Gasteiger partial charge in [-0.25, -0.2) is 0 Å². The van der Waals surface area contributed by atoms with Crippen molar-refractivity contribution < 1.29 is 0 Å². The van der Waals surface area contributed by atoms with Crippen LogP contribution in [-0.2, 0) is 19.6 Å². The van der Waals surface area contributed by atoms with E-state index in [0.29, 0.717) is 6.04 Å². The third-order valence-corrected chi connectivity index (χ3v) is 3.68. The molecule has 0 amide bonds. The summed E-state index contributed by atoms with van der Waals surface area (Å²) in [7, 11) is 0. The standard InChI is InChI=1S/C15H25N5/c1-6-20-14(5)15(13(4)18-20)8-16-12(3)10-19-9-11(2)7-17-19/h7,9,12,16H,6,8,10H2,1-5H3. The fourth-order valence-electron chi connectivity index (χ4n) is 2.49. The maximum absolute atomic E-state index is 4.55. The minimum Gasteiger partial charge on any atom is -0.308 e. The number of aromatic nitrogens is 4. The zero-order valence-electron chi connectivity index (χ0n) is 13.1. The molecule has 5 nitrogen and oxygen atoms in total. The maximum atomic E-state index is 4.55. The summed E-state index contributed by atoms with van der Waals surface area (Å²) in [6, 6.07) is 0.373. The molecule has 0 saturated carbocycles. The van der Waals surface area contributed by atoms with E-state index in [1.54, 1.807) is 0 Å². The highest BCUT2D eigenvalue weighted by Gasteiger charge is 2.11. The highest BCUT2D eigenvalue weighted by molar-refractivity contribution is 5.24. The Kier molecular flexibility index (Phi) is 4.60. The fourth-order valence-corrected chi connectivity index (χ4v) is 2.49. The largest absolute Gasteiger partial charge is 0.308 e. The molecule has 20 heavy (non-hydrogen) atoms. The van der Waals surface area contributed by atoms with Crippen molar-refractivity contribution in [2.45, 2.75) is 60.3 Å². The van der Waals surface area contributed by atoms with Crippen molar-refractivity contribution in [3.05, 3.63) is 34.9 Å². The Balaban J connectivity index is 1.93. The summed E-state index contributed by atoms with van der Waals surface area (Å²) in [4.78, 5) is 0. The summed E-state index contributed by atoms with van der Waals surface area (Å²) in [5.41, 5.74) is 4.90. The normalized spacial score (nSPS) is 12.8. The summed E-state index contributed by atoms with van der Waals surface area (Å²) >= 11 is 0. The van der Waals surface area contributed by atoms with Crippen LogP contribution in [0.4, 0.5) is 0 Å². The number of aryl methyl sites for hydroxylation is 3. The van der Waals surface area contributed by atoms with E-state index in [2.05, 4.69) is 61.0 Å². The van der Waals surface area contributed by atoms with Gasteiger partial charge in [0.15, 0.2) is 0 Å². The summed E-state index contributed by atoms with van der Waals surface area (Å²) in [6.45, 7) is 13.3. The first-order valence-corrected chi connectivity index (χ1v) is 7.26. The molecule has 2 aromatic heterocycles. The third kappa shape index (κ3) is 3.28. The molecule has 0 fully saturated rings. The molecule has 0 aliphatic carbocycles. The quantitative estimate of drug-likeness (QED) is 0.879. The fraction of sp³-hybridized carbons (Fsp3) is 0.600. The number of nitrogens with zero attached hydrogens (tertiary/aromatic N) is 4. The number of hydrogen-bond donors (Lipinski definition) is 1. The van der Waals surface area contributed by atoms with Gasteiger partial charge in [-0.15, -0.1) is 0 Å². The molecule has 1 N–H and O–H groups in total. The molecule has 2 heterocycles. The van der Waals surface area contributed by atoms with Gasteiger partial charge in [-0.2, -0.15) is 10.2 Å². The van der Waals surface area contributed by atoms with Crippen molar-refractivity contribution in [3.63, 3.8) is 0 Å². The third-order valence-electron chi connectivity index (χ3n) is 3.68. The van der Waals surface area contributed by atoms with Crippen LogP contribution < -0.4 is 5.32 Å². The van der Waals surface area contributed by atoms with E-state index in [4.69, 9.17) is 0 Å². The van der Waals surface area contributed by atoms with Gasteiger partial charge in [0, 0.05) is 36.6 Å². The first kappa shape index (κ1) is 14.8. The molecule has 110 valence electrons. The molecule has 0 aliphatic rings. The predicted molar refractivity (Wildman–Crippen MR) is 80.6 cm³/mol. The van der Waals surface area contributed by atoms with Crippen LogP contribution in [0.1, 0.15) is 36.4 Å². The molecular weight excluding hydrogens is 250 g/mol. The average molecular weight is 275 g/mol. The molecule has 1 unspecified atom stereocenters. The molecule has 0 radical (unpaired) electrons. The van der Waals surface area contributed by atoms with Crippen LogP contribution in [0.25, 0.3) is 0 Å². The first-order valence-electron chi connectivity index (χ1n) is 7.26. The Labute approximate surface area is 121 Å². The van der Waals surface area contributed by atoms with Gasteiger partial charge in [-0.1, -0.05) is 0 Å². The molecule has 2 rings (SSSR count). The van der Waals surface area contributed by atoms with Crippen LogP contribution in [0.15, 0.2) is 12.4 Å². The highest BCUT2D eigenvalue weighted by atomic mass is 15.3. The smallest absolute Gasteiger partial charge is 0.0641 e. The van der Waals surface area contributed by atoms with E-state index in [1.165, 1.54) is 16.8 Å². The van der Waals surface area contributed by atoms with E-state index in [0.717, 1.165) is 25.3 Å². The molecule has 0 saturated heterocycles. The van der Waals surface area contributed by atoms with Crippen molar-refractivity contribution in [1.29, 1.82) is 0 Å². The van der Waals surface area contributed by atoms with Crippen molar-refractivity contribution in [1.82, 2.24) is 24.9 Å². The minimum absolute atomic E-state index is 0.373. The van der Waals surface area contributed by atoms with Gasteiger partial charge in [0.1, 0.15) is 0 Å². The molecule has 0 bridgehead atoms. The van der Waals surface area contributed by atoms with Crippen LogP contribution in [-0.4, -0.2) is 25.6 Å². The van der Waals surface area contributed by atoms with Crippen molar-refractivity contribution >= 4 is 0 Å². The number of nitrogens with one attached hydrogen (secondary N) is 1. The van der Waals surface area contributed by atoms with Gasteiger partial charge >= 0.3 is 0 Å². The second kappa shape index (κ2) is 6.22. The molecule has 0 spiro atoms. The molecular formula is C15H25N5. The summed E-state index contributed by atoms with van der Waals surface area (Å²) in [5, 5.41) is 12.4. The lowest BCUT2D eigenvalue weighted by Crippen LogP contribution is -2.30. The van der Waals surface area contributed by atoms with Gasteiger partial charge < -0.3 is 5.32 Å². The average Bonchev–Trinajstić information content (AvgIpc) is 2.92. The van der Waals surface area contributed by atoms with E-state index < -0.39 is 0 Å². The lowest BCUT2D eigenvalue weighted by Gasteiger charge is -2.14. The minimum atomic E-state index is 0.373. The van der Waals surface area contributed by atoms with Gasteiger partial charge in [-0.05, 0) is 40.2 Å². The second-order valence-corrected chi connectivity index (χ2v) is 5.49. The zero-order valence-corrected chi connectivity index (χ0v) is 13.1. The Morgan fingerprint density at radius 1 is 1.30 bits per heavy atom. The zero-order chi connectivity index (χ0) is 14.7. The topological polar surface area (TPSA) is 47.7 Å². The van der Waals surface area contributed by atoms with Crippen molar-refractivity contribution in [2.75, 3.05) is 0 Å². The Morgan fingerprint density at radius 3 is 2.60 bits per heavy atom. The van der Waals surface area contributed by atoms with Crippen LogP contribution in [0, 0.1) is 20.8 Å². The number of hydrogen-bond acceptors (Lipinski definition) is 3. The SMILES string of the molecule is CCn1nc(C)c(CNC(C)Cn2cc(C)cn2)c1C. The Hall–Kier alpha value is -1.62.